The van der Waals surface area contributed by atoms with Gasteiger partial charge in [-0.05, 0) is 44.6 Å². The van der Waals surface area contributed by atoms with E-state index in [-0.39, 0.29) is 6.10 Å². The minimum Gasteiger partial charge on any atom is -0.393 e. The van der Waals surface area contributed by atoms with Gasteiger partial charge in [-0.3, -0.25) is 4.90 Å². The lowest BCUT2D eigenvalue weighted by molar-refractivity contribution is 0.128. The minimum atomic E-state index is -0.0337. The van der Waals surface area contributed by atoms with E-state index < -0.39 is 0 Å². The Morgan fingerprint density at radius 1 is 1.06 bits per heavy atom. The molecule has 0 aromatic rings. The van der Waals surface area contributed by atoms with Crippen molar-refractivity contribution in [3.05, 3.63) is 0 Å². The molecule has 2 aliphatic heterocycles. The summed E-state index contributed by atoms with van der Waals surface area (Å²) in [7, 11) is 0. The third-order valence-corrected chi connectivity index (χ3v) is 4.87. The van der Waals surface area contributed by atoms with Crippen LogP contribution in [0.2, 0.25) is 0 Å². The molecule has 3 nitrogen and oxygen atoms in total. The van der Waals surface area contributed by atoms with Crippen LogP contribution in [0.25, 0.3) is 0 Å². The van der Waals surface area contributed by atoms with Gasteiger partial charge < -0.3 is 10.4 Å². The van der Waals surface area contributed by atoms with Crippen LogP contribution in [0.5, 0.6) is 0 Å². The lowest BCUT2D eigenvalue weighted by Gasteiger charge is -2.24. The third-order valence-electron chi connectivity index (χ3n) is 4.87. The predicted molar refractivity (Wildman–Crippen MR) is 64.4 cm³/mol. The van der Waals surface area contributed by atoms with Crippen LogP contribution in [0.3, 0.4) is 0 Å². The van der Waals surface area contributed by atoms with Gasteiger partial charge in [0.15, 0.2) is 0 Å². The molecule has 4 atom stereocenters. The lowest BCUT2D eigenvalue weighted by atomic mass is 10.0. The van der Waals surface area contributed by atoms with E-state index >= 15 is 0 Å². The Kier molecular flexibility index (Phi) is 3.18. The highest BCUT2D eigenvalue weighted by Crippen LogP contribution is 2.29. The van der Waals surface area contributed by atoms with Crippen molar-refractivity contribution in [2.24, 2.45) is 5.92 Å². The highest BCUT2D eigenvalue weighted by molar-refractivity contribution is 4.96. The number of hydrogen-bond acceptors (Lipinski definition) is 3. The molecule has 0 aromatic heterocycles. The smallest absolute Gasteiger partial charge is 0.0580 e. The van der Waals surface area contributed by atoms with Crippen molar-refractivity contribution in [1.82, 2.24) is 10.2 Å². The van der Waals surface area contributed by atoms with Crippen molar-refractivity contribution in [2.45, 2.75) is 56.7 Å². The summed E-state index contributed by atoms with van der Waals surface area (Å²) in [4.78, 5) is 2.64. The molecule has 0 spiro atoms. The van der Waals surface area contributed by atoms with Gasteiger partial charge in [-0.25, -0.2) is 0 Å². The molecule has 3 aliphatic rings. The average molecular weight is 224 g/mol. The first-order valence-corrected chi connectivity index (χ1v) is 7.00. The number of nitrogens with one attached hydrogen (secondary N) is 1. The second-order valence-corrected chi connectivity index (χ2v) is 5.81. The number of rotatable bonds is 3. The quantitative estimate of drug-likeness (QED) is 0.750. The first-order chi connectivity index (χ1) is 7.84. The van der Waals surface area contributed by atoms with Gasteiger partial charge in [-0.1, -0.05) is 6.42 Å². The van der Waals surface area contributed by atoms with E-state index in [0.29, 0.717) is 12.0 Å². The second-order valence-electron chi connectivity index (χ2n) is 5.81. The van der Waals surface area contributed by atoms with Gasteiger partial charge in [0, 0.05) is 25.2 Å². The van der Waals surface area contributed by atoms with Crippen molar-refractivity contribution in [1.29, 1.82) is 0 Å². The SMILES string of the molecule is OC1CCCC1CNC1CCN2CCCC12. The summed E-state index contributed by atoms with van der Waals surface area (Å²) >= 11 is 0. The van der Waals surface area contributed by atoms with Gasteiger partial charge in [0.1, 0.15) is 0 Å². The predicted octanol–water partition coefficient (Wildman–Crippen LogP) is 0.974. The van der Waals surface area contributed by atoms with Gasteiger partial charge in [0.2, 0.25) is 0 Å². The zero-order chi connectivity index (χ0) is 11.0. The van der Waals surface area contributed by atoms with Crippen molar-refractivity contribution in [3.8, 4) is 0 Å². The molecular formula is C13H24N2O. The fourth-order valence-corrected chi connectivity index (χ4v) is 3.88. The van der Waals surface area contributed by atoms with Crippen LogP contribution >= 0.6 is 0 Å². The van der Waals surface area contributed by atoms with Crippen LogP contribution in [0, 0.1) is 5.92 Å². The molecule has 2 N–H and O–H groups in total. The summed E-state index contributed by atoms with van der Waals surface area (Å²) in [6.45, 7) is 3.64. The zero-order valence-corrected chi connectivity index (χ0v) is 10.1. The Labute approximate surface area is 98.2 Å². The monoisotopic (exact) mass is 224 g/mol. The Hall–Kier alpha value is -0.120. The molecule has 2 heterocycles. The Balaban J connectivity index is 1.48. The molecule has 0 radical (unpaired) electrons. The van der Waals surface area contributed by atoms with Crippen LogP contribution in [0.4, 0.5) is 0 Å². The van der Waals surface area contributed by atoms with Crippen molar-refractivity contribution >= 4 is 0 Å². The number of fused-ring (bicyclic) bond motifs is 1. The molecule has 2 saturated heterocycles. The first kappa shape index (κ1) is 11.0. The largest absolute Gasteiger partial charge is 0.393 e. The van der Waals surface area contributed by atoms with E-state index in [1.807, 2.05) is 0 Å². The zero-order valence-electron chi connectivity index (χ0n) is 10.1. The van der Waals surface area contributed by atoms with Crippen LogP contribution < -0.4 is 5.32 Å². The fraction of sp³-hybridized carbons (Fsp3) is 1.00. The Bertz CT molecular complexity index is 246. The summed E-state index contributed by atoms with van der Waals surface area (Å²) in [5.41, 5.74) is 0. The first-order valence-electron chi connectivity index (χ1n) is 7.00. The van der Waals surface area contributed by atoms with Crippen LogP contribution in [0.1, 0.15) is 38.5 Å². The highest BCUT2D eigenvalue weighted by Gasteiger charge is 2.37. The van der Waals surface area contributed by atoms with Crippen LogP contribution in [-0.2, 0) is 0 Å². The average Bonchev–Trinajstić information content (AvgIpc) is 2.92. The van der Waals surface area contributed by atoms with Gasteiger partial charge in [0.25, 0.3) is 0 Å². The molecular weight excluding hydrogens is 200 g/mol. The topological polar surface area (TPSA) is 35.5 Å². The molecule has 3 rings (SSSR count). The van der Waals surface area contributed by atoms with E-state index in [0.717, 1.165) is 19.0 Å². The van der Waals surface area contributed by atoms with Crippen molar-refractivity contribution in [2.75, 3.05) is 19.6 Å². The van der Waals surface area contributed by atoms with E-state index in [2.05, 4.69) is 10.2 Å². The Morgan fingerprint density at radius 2 is 2.00 bits per heavy atom. The molecule has 1 aliphatic carbocycles. The number of aliphatic hydroxyl groups excluding tert-OH is 1. The molecule has 0 bridgehead atoms. The highest BCUT2D eigenvalue weighted by atomic mass is 16.3. The Morgan fingerprint density at radius 3 is 2.81 bits per heavy atom. The van der Waals surface area contributed by atoms with Gasteiger partial charge in [-0.2, -0.15) is 0 Å². The van der Waals surface area contributed by atoms with E-state index in [1.165, 1.54) is 45.2 Å². The summed E-state index contributed by atoms with van der Waals surface area (Å²) < 4.78 is 0. The fourth-order valence-electron chi connectivity index (χ4n) is 3.88. The standard InChI is InChI=1S/C13H24N2O/c16-13-5-1-3-10(13)9-14-11-6-8-15-7-2-4-12(11)15/h10-14,16H,1-9H2. The third kappa shape index (κ3) is 2.01. The summed E-state index contributed by atoms with van der Waals surface area (Å²) in [5, 5.41) is 13.5. The molecule has 16 heavy (non-hydrogen) atoms. The van der Waals surface area contributed by atoms with Crippen molar-refractivity contribution in [3.63, 3.8) is 0 Å². The molecule has 4 unspecified atom stereocenters. The van der Waals surface area contributed by atoms with Gasteiger partial charge in [0.05, 0.1) is 6.10 Å². The summed E-state index contributed by atoms with van der Waals surface area (Å²) in [5.74, 6) is 0.524. The maximum atomic E-state index is 9.80. The van der Waals surface area contributed by atoms with E-state index in [9.17, 15) is 5.11 Å². The van der Waals surface area contributed by atoms with E-state index in [1.54, 1.807) is 0 Å². The number of nitrogens with zero attached hydrogens (tertiary/aromatic N) is 1. The van der Waals surface area contributed by atoms with Gasteiger partial charge >= 0.3 is 0 Å². The number of aliphatic hydroxyl groups is 1. The molecule has 0 aromatic carbocycles. The summed E-state index contributed by atoms with van der Waals surface area (Å²) in [6.07, 6.45) is 7.50. The second kappa shape index (κ2) is 4.63. The normalized spacial score (nSPS) is 44.1. The minimum absolute atomic E-state index is 0.0337. The van der Waals surface area contributed by atoms with Crippen LogP contribution in [-0.4, -0.2) is 47.8 Å². The maximum absolute atomic E-state index is 9.80. The van der Waals surface area contributed by atoms with Crippen molar-refractivity contribution < 1.29 is 5.11 Å². The summed E-state index contributed by atoms with van der Waals surface area (Å²) in [6, 6.07) is 1.51. The van der Waals surface area contributed by atoms with E-state index in [4.69, 9.17) is 0 Å². The molecule has 0 amide bonds. The number of hydrogen-bond donors (Lipinski definition) is 2. The molecule has 3 fully saturated rings. The van der Waals surface area contributed by atoms with Crippen LogP contribution in [0.15, 0.2) is 0 Å². The maximum Gasteiger partial charge on any atom is 0.0580 e. The lowest BCUT2D eigenvalue weighted by Crippen LogP contribution is -2.42. The van der Waals surface area contributed by atoms with Gasteiger partial charge in [-0.15, -0.1) is 0 Å². The molecule has 1 saturated carbocycles. The molecule has 92 valence electrons. The molecule has 3 heteroatoms.